The Balaban J connectivity index is 1.61. The van der Waals surface area contributed by atoms with E-state index >= 15 is 0 Å². The SMILES string of the molecule is C[C@@H]1CN(C(=O)Cc2ccc3c(c2)CCCC3)c2ccccc2C(=O)N1. The lowest BCUT2D eigenvalue weighted by Crippen LogP contribution is -2.41. The summed E-state index contributed by atoms with van der Waals surface area (Å²) < 4.78 is 0. The minimum Gasteiger partial charge on any atom is -0.348 e. The van der Waals surface area contributed by atoms with Crippen LogP contribution in [0.2, 0.25) is 0 Å². The topological polar surface area (TPSA) is 49.4 Å². The molecule has 4 nitrogen and oxygen atoms in total. The van der Waals surface area contributed by atoms with Crippen molar-refractivity contribution in [2.75, 3.05) is 11.4 Å². The van der Waals surface area contributed by atoms with Crippen LogP contribution >= 0.6 is 0 Å². The fraction of sp³-hybridized carbons (Fsp3) is 0.364. The molecule has 0 bridgehead atoms. The van der Waals surface area contributed by atoms with Gasteiger partial charge in [0.1, 0.15) is 0 Å². The molecular weight excluding hydrogens is 324 g/mol. The summed E-state index contributed by atoms with van der Waals surface area (Å²) in [5, 5.41) is 2.95. The van der Waals surface area contributed by atoms with Crippen molar-refractivity contribution in [1.29, 1.82) is 0 Å². The number of rotatable bonds is 2. The Morgan fingerprint density at radius 1 is 1.12 bits per heavy atom. The lowest BCUT2D eigenvalue weighted by Gasteiger charge is -2.24. The Hall–Kier alpha value is -2.62. The number of para-hydroxylation sites is 1. The van der Waals surface area contributed by atoms with Gasteiger partial charge in [-0.3, -0.25) is 9.59 Å². The third-order valence-corrected chi connectivity index (χ3v) is 5.34. The second kappa shape index (κ2) is 6.94. The molecule has 0 unspecified atom stereocenters. The summed E-state index contributed by atoms with van der Waals surface area (Å²) in [6.45, 7) is 2.43. The average molecular weight is 348 g/mol. The molecule has 0 saturated carbocycles. The lowest BCUT2D eigenvalue weighted by atomic mass is 9.90. The van der Waals surface area contributed by atoms with Crippen molar-refractivity contribution >= 4 is 17.5 Å². The molecule has 4 rings (SSSR count). The fourth-order valence-corrected chi connectivity index (χ4v) is 4.02. The Labute approximate surface area is 154 Å². The van der Waals surface area contributed by atoms with Crippen LogP contribution in [0.15, 0.2) is 42.5 Å². The number of benzene rings is 2. The summed E-state index contributed by atoms with van der Waals surface area (Å²) in [4.78, 5) is 27.2. The summed E-state index contributed by atoms with van der Waals surface area (Å²) in [7, 11) is 0. The van der Waals surface area contributed by atoms with E-state index in [2.05, 4.69) is 23.5 Å². The largest absolute Gasteiger partial charge is 0.348 e. The van der Waals surface area contributed by atoms with Crippen molar-refractivity contribution < 1.29 is 9.59 Å². The second-order valence-corrected chi connectivity index (χ2v) is 7.38. The molecular formula is C22H24N2O2. The Kier molecular flexibility index (Phi) is 4.49. The van der Waals surface area contributed by atoms with E-state index in [-0.39, 0.29) is 17.9 Å². The van der Waals surface area contributed by atoms with Gasteiger partial charge in [0, 0.05) is 12.6 Å². The van der Waals surface area contributed by atoms with E-state index in [1.54, 1.807) is 11.0 Å². The zero-order valence-electron chi connectivity index (χ0n) is 15.1. The highest BCUT2D eigenvalue weighted by Gasteiger charge is 2.27. The minimum atomic E-state index is -0.114. The molecule has 2 aliphatic rings. The Bertz CT molecular complexity index is 859. The molecule has 0 radical (unpaired) electrons. The molecule has 2 amide bonds. The van der Waals surface area contributed by atoms with Crippen LogP contribution < -0.4 is 10.2 Å². The maximum Gasteiger partial charge on any atom is 0.253 e. The first-order chi connectivity index (χ1) is 12.6. The molecule has 0 aromatic heterocycles. The quantitative estimate of drug-likeness (QED) is 0.905. The normalized spacial score (nSPS) is 19.2. The molecule has 1 aliphatic carbocycles. The number of anilines is 1. The van der Waals surface area contributed by atoms with Crippen LogP contribution in [0.3, 0.4) is 0 Å². The number of aryl methyl sites for hydroxylation is 2. The van der Waals surface area contributed by atoms with Gasteiger partial charge in [-0.25, -0.2) is 0 Å². The Morgan fingerprint density at radius 3 is 2.73 bits per heavy atom. The maximum absolute atomic E-state index is 13.1. The highest BCUT2D eigenvalue weighted by atomic mass is 16.2. The fourth-order valence-electron chi connectivity index (χ4n) is 4.02. The zero-order valence-corrected chi connectivity index (χ0v) is 15.1. The van der Waals surface area contributed by atoms with Crippen LogP contribution in [0.4, 0.5) is 5.69 Å². The molecule has 134 valence electrons. The van der Waals surface area contributed by atoms with Crippen molar-refractivity contribution in [2.24, 2.45) is 0 Å². The minimum absolute atomic E-state index is 0.0385. The van der Waals surface area contributed by atoms with Crippen LogP contribution in [0.5, 0.6) is 0 Å². The maximum atomic E-state index is 13.1. The lowest BCUT2D eigenvalue weighted by molar-refractivity contribution is -0.118. The first-order valence-corrected chi connectivity index (χ1v) is 9.43. The van der Waals surface area contributed by atoms with E-state index in [0.29, 0.717) is 24.2 Å². The van der Waals surface area contributed by atoms with E-state index in [4.69, 9.17) is 0 Å². The third kappa shape index (κ3) is 3.24. The van der Waals surface area contributed by atoms with E-state index in [0.717, 1.165) is 18.4 Å². The van der Waals surface area contributed by atoms with Crippen molar-refractivity contribution in [3.05, 3.63) is 64.7 Å². The number of hydrogen-bond donors (Lipinski definition) is 1. The second-order valence-electron chi connectivity index (χ2n) is 7.38. The van der Waals surface area contributed by atoms with Crippen LogP contribution in [-0.4, -0.2) is 24.4 Å². The smallest absolute Gasteiger partial charge is 0.253 e. The molecule has 4 heteroatoms. The van der Waals surface area contributed by atoms with Gasteiger partial charge in [0.2, 0.25) is 5.91 Å². The third-order valence-electron chi connectivity index (χ3n) is 5.34. The Morgan fingerprint density at radius 2 is 1.88 bits per heavy atom. The molecule has 1 aliphatic heterocycles. The summed E-state index contributed by atoms with van der Waals surface area (Å²) in [6, 6.07) is 13.7. The van der Waals surface area contributed by atoms with E-state index < -0.39 is 0 Å². The van der Waals surface area contributed by atoms with E-state index in [1.807, 2.05) is 25.1 Å². The van der Waals surface area contributed by atoms with Crippen LogP contribution in [0.25, 0.3) is 0 Å². The predicted octanol–water partition coefficient (Wildman–Crippen LogP) is 3.27. The number of carbonyl (C=O) groups excluding carboxylic acids is 2. The molecule has 0 fully saturated rings. The number of amides is 2. The molecule has 2 aromatic carbocycles. The van der Waals surface area contributed by atoms with Gasteiger partial charge in [-0.1, -0.05) is 30.3 Å². The van der Waals surface area contributed by atoms with Crippen LogP contribution in [-0.2, 0) is 24.1 Å². The monoisotopic (exact) mass is 348 g/mol. The summed E-state index contributed by atoms with van der Waals surface area (Å²) in [6.07, 6.45) is 5.11. The molecule has 2 aromatic rings. The first kappa shape index (κ1) is 16.8. The van der Waals surface area contributed by atoms with E-state index in [9.17, 15) is 9.59 Å². The molecule has 1 N–H and O–H groups in total. The van der Waals surface area contributed by atoms with Gasteiger partial charge in [0.25, 0.3) is 5.91 Å². The summed E-state index contributed by atoms with van der Waals surface area (Å²) in [5.74, 6) is -0.0752. The number of nitrogens with zero attached hydrogens (tertiary/aromatic N) is 1. The van der Waals surface area contributed by atoms with Crippen molar-refractivity contribution in [3.63, 3.8) is 0 Å². The van der Waals surface area contributed by atoms with Gasteiger partial charge in [-0.15, -0.1) is 0 Å². The van der Waals surface area contributed by atoms with Crippen LogP contribution in [0, 0.1) is 0 Å². The number of nitrogens with one attached hydrogen (secondary N) is 1. The molecule has 1 heterocycles. The van der Waals surface area contributed by atoms with Gasteiger partial charge in [-0.05, 0) is 61.4 Å². The van der Waals surface area contributed by atoms with Gasteiger partial charge >= 0.3 is 0 Å². The zero-order chi connectivity index (χ0) is 18.1. The summed E-state index contributed by atoms with van der Waals surface area (Å²) >= 11 is 0. The first-order valence-electron chi connectivity index (χ1n) is 9.43. The molecule has 26 heavy (non-hydrogen) atoms. The molecule has 1 atom stereocenters. The predicted molar refractivity (Wildman–Crippen MR) is 103 cm³/mol. The average Bonchev–Trinajstić information content (AvgIpc) is 2.78. The van der Waals surface area contributed by atoms with Gasteiger partial charge in [0.15, 0.2) is 0 Å². The van der Waals surface area contributed by atoms with Crippen LogP contribution in [0.1, 0.15) is 46.8 Å². The number of carbonyl (C=O) groups is 2. The highest BCUT2D eigenvalue weighted by Crippen LogP contribution is 2.26. The number of hydrogen-bond acceptors (Lipinski definition) is 2. The van der Waals surface area contributed by atoms with Gasteiger partial charge in [-0.2, -0.15) is 0 Å². The molecule has 0 saturated heterocycles. The standard InChI is InChI=1S/C22H24N2O2/c1-15-14-24(20-9-5-4-8-19(20)22(26)23-15)21(25)13-16-10-11-17-6-2-3-7-18(17)12-16/h4-5,8-12,15H,2-3,6-7,13-14H2,1H3,(H,23,26)/t15-/m1/s1. The number of fused-ring (bicyclic) bond motifs is 2. The van der Waals surface area contributed by atoms with Crippen molar-refractivity contribution in [1.82, 2.24) is 5.32 Å². The van der Waals surface area contributed by atoms with Gasteiger partial charge in [0.05, 0.1) is 17.7 Å². The van der Waals surface area contributed by atoms with Gasteiger partial charge < -0.3 is 10.2 Å². The van der Waals surface area contributed by atoms with E-state index in [1.165, 1.54) is 24.0 Å². The van der Waals surface area contributed by atoms with Crippen molar-refractivity contribution in [3.8, 4) is 0 Å². The summed E-state index contributed by atoms with van der Waals surface area (Å²) in [5.41, 5.74) is 5.15. The molecule has 0 spiro atoms. The highest BCUT2D eigenvalue weighted by molar-refractivity contribution is 6.06. The van der Waals surface area contributed by atoms with Crippen molar-refractivity contribution in [2.45, 2.75) is 45.1 Å².